The first-order chi connectivity index (χ1) is 11.5. The fraction of sp³-hybridized carbons (Fsp3) is 1.00. The number of unbranched alkanes of at least 4 members (excludes halogenated alkanes) is 1. The maximum Gasteiger partial charge on any atom is 0.480 e. The van der Waals surface area contributed by atoms with Gasteiger partial charge in [-0.05, 0) is 6.42 Å². The van der Waals surface area contributed by atoms with Gasteiger partial charge in [0.1, 0.15) is 13.1 Å². The lowest BCUT2D eigenvalue weighted by atomic mass is 10.2. The molecule has 0 aromatic carbocycles. The molecule has 0 aromatic rings. The number of hydrogen-bond donors (Lipinski definition) is 0. The molecule has 15 heteroatoms. The van der Waals surface area contributed by atoms with Crippen LogP contribution in [-0.2, 0) is 24.8 Å². The Labute approximate surface area is 148 Å². The molecule has 26 heavy (non-hydrogen) atoms. The van der Waals surface area contributed by atoms with Crippen molar-refractivity contribution in [3.63, 3.8) is 0 Å². The predicted molar refractivity (Wildman–Crippen MR) is 79.8 cm³/mol. The summed E-state index contributed by atoms with van der Waals surface area (Å²) in [4.78, 5) is 0. The van der Waals surface area contributed by atoms with Gasteiger partial charge in [-0.3, -0.25) is 0 Å². The summed E-state index contributed by atoms with van der Waals surface area (Å²) in [5.74, 6) is 0. The lowest BCUT2D eigenvalue weighted by Crippen LogP contribution is -2.52. The van der Waals surface area contributed by atoms with Gasteiger partial charge in [0.2, 0.25) is 0 Å². The molecule has 0 aromatic heterocycles. The van der Waals surface area contributed by atoms with Crippen LogP contribution in [0.3, 0.4) is 0 Å². The first-order valence-corrected chi connectivity index (χ1v) is 10.1. The lowest BCUT2D eigenvalue weighted by molar-refractivity contribution is -0.917. The van der Waals surface area contributed by atoms with Crippen molar-refractivity contribution in [1.29, 1.82) is 0 Å². The van der Waals surface area contributed by atoms with Gasteiger partial charge in [0.05, 0.1) is 26.8 Å². The number of rotatable bonds is 5. The molecule has 7 nitrogen and oxygen atoms in total. The van der Waals surface area contributed by atoms with Gasteiger partial charge in [-0.25, -0.2) is 16.8 Å². The molecule has 158 valence electrons. The minimum Gasteiger partial charge on any atom is -0.421 e. The number of quaternary nitrogens is 1. The molecule has 0 unspecified atom stereocenters. The van der Waals surface area contributed by atoms with Crippen LogP contribution < -0.4 is 0 Å². The largest absolute Gasteiger partial charge is 0.480 e. The average Bonchev–Trinajstić information content (AvgIpc) is 2.43. The van der Waals surface area contributed by atoms with E-state index in [1.807, 2.05) is 0 Å². The van der Waals surface area contributed by atoms with Gasteiger partial charge >= 0.3 is 11.0 Å². The number of ether oxygens (including phenoxy) is 1. The van der Waals surface area contributed by atoms with E-state index in [9.17, 15) is 43.2 Å². The Bertz CT molecular complexity index is 597. The fourth-order valence-corrected chi connectivity index (χ4v) is 3.47. The topological polar surface area (TPSA) is 91.6 Å². The fourth-order valence-electron chi connectivity index (χ4n) is 1.76. The Morgan fingerprint density at radius 3 is 1.62 bits per heavy atom. The quantitative estimate of drug-likeness (QED) is 0.485. The molecule has 0 N–H and O–H groups in total. The highest BCUT2D eigenvalue weighted by molar-refractivity contribution is 8.13. The smallest absolute Gasteiger partial charge is 0.421 e. The number of hydrogen-bond acceptors (Lipinski definition) is 5. The minimum absolute atomic E-state index is 0.778. The molecular weight excluding hydrogens is 418 g/mol. The van der Waals surface area contributed by atoms with Crippen LogP contribution in [0.15, 0.2) is 0 Å². The number of likely N-dealkylation sites (N-methyl/N-ethyl adjacent to an activating group) is 1. The van der Waals surface area contributed by atoms with Crippen molar-refractivity contribution in [2.45, 2.75) is 30.8 Å². The summed E-state index contributed by atoms with van der Waals surface area (Å²) in [5, 5.41) is 0. The van der Waals surface area contributed by atoms with Crippen LogP contribution in [-0.4, -0.2) is 72.2 Å². The van der Waals surface area contributed by atoms with E-state index in [1.165, 1.54) is 37.0 Å². The third-order valence-corrected chi connectivity index (χ3v) is 6.12. The van der Waals surface area contributed by atoms with Crippen LogP contribution in [0.1, 0.15) is 19.8 Å². The van der Waals surface area contributed by atoms with E-state index in [1.54, 1.807) is 0 Å². The van der Waals surface area contributed by atoms with Crippen molar-refractivity contribution in [1.82, 2.24) is 0 Å². The standard InChI is InChI=1S/C9H20NO.C2F6NO4S2/c1-3-4-5-10(2)6-8-11-9-7-10;3-1(4,5)14(10,11)9-15(12,13)2(6,7)8/h3-9H2,1-2H3;/q+1;-1. The highest BCUT2D eigenvalue weighted by Gasteiger charge is 2.46. The molecule has 1 heterocycles. The normalized spacial score (nSPS) is 18.8. The summed E-state index contributed by atoms with van der Waals surface area (Å²) in [6.45, 7) is 7.92. The SMILES string of the molecule is CCCC[N+]1(C)CCOCC1.O=S(=O)([N-]S(=O)(=O)C(F)(F)F)C(F)(F)F. The highest BCUT2D eigenvalue weighted by Crippen LogP contribution is 2.36. The van der Waals surface area contributed by atoms with Crippen molar-refractivity contribution < 1.29 is 52.4 Å². The Morgan fingerprint density at radius 1 is 0.923 bits per heavy atom. The molecule has 0 bridgehead atoms. The first-order valence-electron chi connectivity index (χ1n) is 7.25. The zero-order valence-electron chi connectivity index (χ0n) is 14.0. The number of alkyl halides is 6. The van der Waals surface area contributed by atoms with Gasteiger partial charge < -0.3 is 13.3 Å². The Kier molecular flexibility index (Phi) is 8.81. The van der Waals surface area contributed by atoms with E-state index in [0.717, 1.165) is 17.3 Å². The predicted octanol–water partition coefficient (Wildman–Crippen LogP) is 2.32. The monoisotopic (exact) mass is 438 g/mol. The van der Waals surface area contributed by atoms with E-state index in [-0.39, 0.29) is 0 Å². The van der Waals surface area contributed by atoms with Crippen LogP contribution in [0.25, 0.3) is 4.13 Å². The van der Waals surface area contributed by atoms with Gasteiger partial charge in [-0.1, -0.05) is 13.3 Å². The summed E-state index contributed by atoms with van der Waals surface area (Å²) in [7, 11) is -11.1. The molecule has 0 saturated carbocycles. The van der Waals surface area contributed by atoms with E-state index in [0.29, 0.717) is 0 Å². The Morgan fingerprint density at radius 2 is 1.31 bits per heavy atom. The van der Waals surface area contributed by atoms with E-state index >= 15 is 0 Å². The molecule has 0 amide bonds. The highest BCUT2D eigenvalue weighted by atomic mass is 32.3. The number of halogens is 6. The minimum atomic E-state index is -6.72. The Balaban J connectivity index is 0.000000502. The zero-order valence-corrected chi connectivity index (χ0v) is 15.6. The summed E-state index contributed by atoms with van der Waals surface area (Å²) in [6, 6.07) is 0. The van der Waals surface area contributed by atoms with Crippen LogP contribution in [0.5, 0.6) is 0 Å². The second kappa shape index (κ2) is 9.03. The van der Waals surface area contributed by atoms with Gasteiger partial charge in [0.15, 0.2) is 20.0 Å². The molecule has 0 spiro atoms. The van der Waals surface area contributed by atoms with Crippen molar-refractivity contribution in [3.8, 4) is 0 Å². The summed E-state index contributed by atoms with van der Waals surface area (Å²) < 4.78 is 116. The van der Waals surface area contributed by atoms with Gasteiger partial charge in [-0.2, -0.15) is 26.3 Å². The summed E-state index contributed by atoms with van der Waals surface area (Å²) in [6.07, 6.45) is 2.67. The molecule has 1 aliphatic heterocycles. The first kappa shape index (κ1) is 25.4. The summed E-state index contributed by atoms with van der Waals surface area (Å²) >= 11 is 0. The van der Waals surface area contributed by atoms with Crippen molar-refractivity contribution in [3.05, 3.63) is 4.13 Å². The third-order valence-electron chi connectivity index (χ3n) is 3.38. The second-order valence-electron chi connectivity index (χ2n) is 5.67. The number of nitrogens with zero attached hydrogens (tertiary/aromatic N) is 2. The zero-order chi connectivity index (χ0) is 20.9. The number of morpholine rings is 1. The molecule has 1 saturated heterocycles. The van der Waals surface area contributed by atoms with Crippen molar-refractivity contribution in [2.24, 2.45) is 0 Å². The van der Waals surface area contributed by atoms with Crippen LogP contribution in [0.2, 0.25) is 0 Å². The Hall–Kier alpha value is -0.640. The second-order valence-corrected chi connectivity index (χ2v) is 9.09. The van der Waals surface area contributed by atoms with Crippen LogP contribution in [0.4, 0.5) is 26.3 Å². The number of sulfonamides is 2. The van der Waals surface area contributed by atoms with Crippen molar-refractivity contribution >= 4 is 20.0 Å². The lowest BCUT2D eigenvalue weighted by Gasteiger charge is -2.37. The van der Waals surface area contributed by atoms with Crippen LogP contribution in [0, 0.1) is 0 Å². The molecule has 1 aliphatic rings. The summed E-state index contributed by atoms with van der Waals surface area (Å²) in [5.41, 5.74) is -12.4. The molecule has 1 rings (SSSR count). The maximum absolute atomic E-state index is 11.4. The van der Waals surface area contributed by atoms with E-state index < -0.39 is 31.1 Å². The molecule has 0 radical (unpaired) electrons. The molecular formula is C11H20F6N2O5S2. The average molecular weight is 438 g/mol. The van der Waals surface area contributed by atoms with Gasteiger partial charge in [0, 0.05) is 0 Å². The van der Waals surface area contributed by atoms with Crippen LogP contribution >= 0.6 is 0 Å². The maximum atomic E-state index is 11.4. The molecule has 1 fully saturated rings. The van der Waals surface area contributed by atoms with Gasteiger partial charge in [-0.15, -0.1) is 0 Å². The molecule has 0 aliphatic carbocycles. The third kappa shape index (κ3) is 7.94. The van der Waals surface area contributed by atoms with Gasteiger partial charge in [0.25, 0.3) is 0 Å². The molecule has 0 atom stereocenters. The van der Waals surface area contributed by atoms with Crippen molar-refractivity contribution in [2.75, 3.05) is 39.9 Å². The van der Waals surface area contributed by atoms with E-state index in [2.05, 4.69) is 14.0 Å². The van der Waals surface area contributed by atoms with E-state index in [4.69, 9.17) is 4.74 Å².